The van der Waals surface area contributed by atoms with Crippen LogP contribution < -0.4 is 9.62 Å². The molecule has 29 heavy (non-hydrogen) atoms. The maximum Gasteiger partial charge on any atom is 0.241 e. The van der Waals surface area contributed by atoms with E-state index in [-0.39, 0.29) is 11.4 Å². The highest BCUT2D eigenvalue weighted by Gasteiger charge is 2.24. The predicted octanol–water partition coefficient (Wildman–Crippen LogP) is 2.35. The molecule has 0 aromatic heterocycles. The van der Waals surface area contributed by atoms with E-state index in [4.69, 9.17) is 0 Å². The summed E-state index contributed by atoms with van der Waals surface area (Å²) in [6.07, 6.45) is 2.19. The molecule has 0 unspecified atom stereocenters. The first kappa shape index (κ1) is 22.9. The van der Waals surface area contributed by atoms with E-state index < -0.39 is 31.8 Å². The van der Waals surface area contributed by atoms with Gasteiger partial charge in [0.05, 0.1) is 22.9 Å². The fraction of sp³-hybridized carbons (Fsp3) is 0.350. The Morgan fingerprint density at radius 3 is 1.93 bits per heavy atom. The van der Waals surface area contributed by atoms with Crippen LogP contribution >= 0.6 is 0 Å². The van der Waals surface area contributed by atoms with Crippen molar-refractivity contribution in [2.45, 2.75) is 31.7 Å². The average molecular weight is 439 g/mol. The number of sulfone groups is 1. The van der Waals surface area contributed by atoms with Gasteiger partial charge >= 0.3 is 0 Å². The number of amides is 1. The third-order valence-electron chi connectivity index (χ3n) is 4.56. The van der Waals surface area contributed by atoms with Crippen molar-refractivity contribution in [1.29, 1.82) is 0 Å². The number of nitrogens with one attached hydrogen (secondary N) is 1. The summed E-state index contributed by atoms with van der Waals surface area (Å²) in [6.45, 7) is 4.99. The minimum atomic E-state index is -3.67. The van der Waals surface area contributed by atoms with Crippen molar-refractivity contribution < 1.29 is 21.6 Å². The molecule has 2 rings (SSSR count). The molecule has 1 N–H and O–H groups in total. The average Bonchev–Trinajstić information content (AvgIpc) is 2.59. The zero-order valence-electron chi connectivity index (χ0n) is 17.1. The number of anilines is 1. The third-order valence-corrected chi connectivity index (χ3v) is 6.80. The van der Waals surface area contributed by atoms with Gasteiger partial charge in [-0.25, -0.2) is 16.8 Å². The van der Waals surface area contributed by atoms with Crippen molar-refractivity contribution in [3.63, 3.8) is 0 Å². The molecule has 0 spiro atoms. The van der Waals surface area contributed by atoms with Gasteiger partial charge in [0.15, 0.2) is 9.84 Å². The van der Waals surface area contributed by atoms with E-state index in [1.807, 2.05) is 6.07 Å². The van der Waals surface area contributed by atoms with Crippen molar-refractivity contribution in [2.75, 3.05) is 23.4 Å². The molecule has 1 atom stereocenters. The Balaban J connectivity index is 2.20. The zero-order valence-corrected chi connectivity index (χ0v) is 18.8. The number of hydrogen-bond donors (Lipinski definition) is 1. The first-order valence-electron chi connectivity index (χ1n) is 8.94. The SMILES string of the molecule is Cc1cccc(C)c1N(CC(=O)N[C@H](C)c1ccc(S(C)(=O)=O)cc1)S(C)(=O)=O. The highest BCUT2D eigenvalue weighted by atomic mass is 32.2. The minimum absolute atomic E-state index is 0.193. The van der Waals surface area contributed by atoms with Crippen LogP contribution in [0.25, 0.3) is 0 Å². The molecular formula is C20H26N2O5S2. The maximum absolute atomic E-state index is 12.6. The predicted molar refractivity (Wildman–Crippen MR) is 114 cm³/mol. The Kier molecular flexibility index (Phi) is 6.74. The lowest BCUT2D eigenvalue weighted by Crippen LogP contribution is -2.41. The highest BCUT2D eigenvalue weighted by Crippen LogP contribution is 2.26. The van der Waals surface area contributed by atoms with Crippen molar-refractivity contribution in [3.05, 3.63) is 59.2 Å². The van der Waals surface area contributed by atoms with Crippen LogP contribution in [0.1, 0.15) is 29.7 Å². The standard InChI is InChI=1S/C20H26N2O5S2/c1-14-7-6-8-15(2)20(14)22(29(5,26)27)13-19(23)21-16(3)17-9-11-18(12-10-17)28(4,24)25/h6-12,16H,13H2,1-5H3,(H,21,23)/t16-/m1/s1. The molecule has 7 nitrogen and oxygen atoms in total. The summed E-state index contributed by atoms with van der Waals surface area (Å²) in [4.78, 5) is 12.8. The number of para-hydroxylation sites is 1. The molecule has 9 heteroatoms. The lowest BCUT2D eigenvalue weighted by Gasteiger charge is -2.26. The molecule has 0 saturated heterocycles. The van der Waals surface area contributed by atoms with E-state index >= 15 is 0 Å². The van der Waals surface area contributed by atoms with Gasteiger partial charge in [0.1, 0.15) is 6.54 Å². The molecule has 0 aliphatic rings. The largest absolute Gasteiger partial charge is 0.348 e. The van der Waals surface area contributed by atoms with Gasteiger partial charge in [0, 0.05) is 6.26 Å². The van der Waals surface area contributed by atoms with Gasteiger partial charge in [-0.15, -0.1) is 0 Å². The van der Waals surface area contributed by atoms with Crippen molar-refractivity contribution >= 4 is 31.5 Å². The van der Waals surface area contributed by atoms with E-state index in [0.717, 1.165) is 27.9 Å². The minimum Gasteiger partial charge on any atom is -0.348 e. The summed E-state index contributed by atoms with van der Waals surface area (Å²) >= 11 is 0. The second-order valence-corrected chi connectivity index (χ2v) is 11.1. The Hall–Kier alpha value is -2.39. The summed E-state index contributed by atoms with van der Waals surface area (Å²) in [5, 5.41) is 2.77. The number of carbonyl (C=O) groups is 1. The molecule has 158 valence electrons. The van der Waals surface area contributed by atoms with Crippen molar-refractivity contribution in [2.24, 2.45) is 0 Å². The molecule has 0 saturated carbocycles. The quantitative estimate of drug-likeness (QED) is 0.715. The Labute approximate surface area is 172 Å². The van der Waals surface area contributed by atoms with Crippen molar-refractivity contribution in [1.82, 2.24) is 5.32 Å². The number of sulfonamides is 1. The van der Waals surface area contributed by atoms with Crippen LogP contribution in [-0.2, 0) is 24.7 Å². The van der Waals surface area contributed by atoms with E-state index in [1.54, 1.807) is 45.0 Å². The summed E-state index contributed by atoms with van der Waals surface area (Å²) in [6, 6.07) is 11.2. The normalized spacial score (nSPS) is 13.0. The molecule has 0 bridgehead atoms. The number of hydrogen-bond acceptors (Lipinski definition) is 5. The summed E-state index contributed by atoms with van der Waals surface area (Å²) in [7, 11) is -6.97. The molecular weight excluding hydrogens is 412 g/mol. The topological polar surface area (TPSA) is 101 Å². The Morgan fingerprint density at radius 1 is 0.966 bits per heavy atom. The summed E-state index contributed by atoms with van der Waals surface area (Å²) in [5.41, 5.74) is 2.72. The number of nitrogens with zero attached hydrogens (tertiary/aromatic N) is 1. The first-order chi connectivity index (χ1) is 13.3. The maximum atomic E-state index is 12.6. The fourth-order valence-electron chi connectivity index (χ4n) is 3.07. The molecule has 2 aromatic carbocycles. The smallest absolute Gasteiger partial charge is 0.241 e. The van der Waals surface area contributed by atoms with Gasteiger partial charge in [-0.3, -0.25) is 9.10 Å². The monoisotopic (exact) mass is 438 g/mol. The van der Waals surface area contributed by atoms with Gasteiger partial charge in [-0.1, -0.05) is 30.3 Å². The second kappa shape index (κ2) is 8.54. The fourth-order valence-corrected chi connectivity index (χ4v) is 4.67. The highest BCUT2D eigenvalue weighted by molar-refractivity contribution is 7.92. The first-order valence-corrected chi connectivity index (χ1v) is 12.7. The zero-order chi connectivity index (χ0) is 22.0. The van der Waals surface area contributed by atoms with Gasteiger partial charge < -0.3 is 5.32 Å². The third kappa shape index (κ3) is 5.80. The molecule has 0 heterocycles. The molecule has 0 aliphatic heterocycles. The number of rotatable bonds is 7. The Bertz CT molecular complexity index is 1090. The van der Waals surface area contributed by atoms with Gasteiger partial charge in [-0.05, 0) is 49.6 Å². The van der Waals surface area contributed by atoms with Gasteiger partial charge in [0.2, 0.25) is 15.9 Å². The van der Waals surface area contributed by atoms with Crippen molar-refractivity contribution in [3.8, 4) is 0 Å². The van der Waals surface area contributed by atoms with E-state index in [0.29, 0.717) is 11.3 Å². The van der Waals surface area contributed by atoms with Crippen LogP contribution in [0.4, 0.5) is 5.69 Å². The molecule has 2 aromatic rings. The molecule has 1 amide bonds. The Morgan fingerprint density at radius 2 is 1.48 bits per heavy atom. The van der Waals surface area contributed by atoms with E-state index in [9.17, 15) is 21.6 Å². The van der Waals surface area contributed by atoms with Crippen LogP contribution in [0.3, 0.4) is 0 Å². The lowest BCUT2D eigenvalue weighted by molar-refractivity contribution is -0.120. The summed E-state index contributed by atoms with van der Waals surface area (Å²) < 4.78 is 48.9. The van der Waals surface area contributed by atoms with Gasteiger partial charge in [-0.2, -0.15) is 0 Å². The molecule has 0 aliphatic carbocycles. The van der Waals surface area contributed by atoms with Gasteiger partial charge in [0.25, 0.3) is 0 Å². The second-order valence-electron chi connectivity index (χ2n) is 7.14. The lowest BCUT2D eigenvalue weighted by atomic mass is 10.1. The van der Waals surface area contributed by atoms with Crippen LogP contribution in [-0.4, -0.2) is 41.8 Å². The van der Waals surface area contributed by atoms with Crippen LogP contribution in [0.15, 0.2) is 47.4 Å². The van der Waals surface area contributed by atoms with Crippen LogP contribution in [0.5, 0.6) is 0 Å². The number of aryl methyl sites for hydroxylation is 2. The van der Waals surface area contributed by atoms with Crippen LogP contribution in [0.2, 0.25) is 0 Å². The van der Waals surface area contributed by atoms with E-state index in [1.165, 1.54) is 12.1 Å². The molecule has 0 fully saturated rings. The summed E-state index contributed by atoms with van der Waals surface area (Å²) in [5.74, 6) is -0.460. The molecule has 0 radical (unpaired) electrons. The van der Waals surface area contributed by atoms with E-state index in [2.05, 4.69) is 5.32 Å². The number of carbonyl (C=O) groups excluding carboxylic acids is 1. The number of benzene rings is 2. The van der Waals surface area contributed by atoms with Crippen LogP contribution in [0, 0.1) is 13.8 Å².